The van der Waals surface area contributed by atoms with E-state index in [9.17, 15) is 9.59 Å². The van der Waals surface area contributed by atoms with Crippen molar-refractivity contribution in [3.05, 3.63) is 49.1 Å². The van der Waals surface area contributed by atoms with Gasteiger partial charge in [-0.3, -0.25) is 9.97 Å². The fourth-order valence-corrected chi connectivity index (χ4v) is 1.11. The summed E-state index contributed by atoms with van der Waals surface area (Å²) in [6.45, 7) is 0. The summed E-state index contributed by atoms with van der Waals surface area (Å²) in [7, 11) is 0. The van der Waals surface area contributed by atoms with E-state index in [1.165, 1.54) is 49.1 Å². The van der Waals surface area contributed by atoms with Crippen LogP contribution in [0.2, 0.25) is 0 Å². The second-order valence-electron chi connectivity index (χ2n) is 3.14. The van der Waals surface area contributed by atoms with E-state index in [1.54, 1.807) is 0 Å². The Morgan fingerprint density at radius 1 is 0.722 bits per heavy atom. The van der Waals surface area contributed by atoms with Gasteiger partial charge in [0.15, 0.2) is 0 Å². The van der Waals surface area contributed by atoms with E-state index in [4.69, 9.17) is 9.47 Å². The van der Waals surface area contributed by atoms with Crippen LogP contribution in [0.1, 0.15) is 0 Å². The van der Waals surface area contributed by atoms with Gasteiger partial charge in [-0.1, -0.05) is 0 Å². The summed E-state index contributed by atoms with van der Waals surface area (Å²) in [5.74, 6) is -1.75. The van der Waals surface area contributed by atoms with Crippen LogP contribution in [0.5, 0.6) is 11.5 Å². The smallest absolute Gasteiger partial charge is 0.418 e. The van der Waals surface area contributed by atoms with Crippen LogP contribution in [0.4, 0.5) is 0 Å². The van der Waals surface area contributed by atoms with Gasteiger partial charge in [0.05, 0.1) is 0 Å². The number of carbonyl (C=O) groups excluding carboxylic acids is 2. The SMILES string of the molecule is O=C(Oc1ccncc1)C(=O)Oc1ccncc1. The van der Waals surface area contributed by atoms with Crippen molar-refractivity contribution in [3.63, 3.8) is 0 Å². The topological polar surface area (TPSA) is 78.4 Å². The Morgan fingerprint density at radius 3 is 1.39 bits per heavy atom. The predicted octanol–water partition coefficient (Wildman–Crippen LogP) is 0.988. The Bertz CT molecular complexity index is 491. The maximum Gasteiger partial charge on any atom is 0.423 e. The zero-order chi connectivity index (χ0) is 12.8. The van der Waals surface area contributed by atoms with Crippen molar-refractivity contribution in [3.8, 4) is 11.5 Å². The molecule has 0 aliphatic carbocycles. The third-order valence-corrected chi connectivity index (χ3v) is 1.89. The van der Waals surface area contributed by atoms with Gasteiger partial charge in [0, 0.05) is 24.8 Å². The van der Waals surface area contributed by atoms with E-state index in [1.807, 2.05) is 0 Å². The Kier molecular flexibility index (Phi) is 3.60. The number of hydrogen-bond donors (Lipinski definition) is 0. The van der Waals surface area contributed by atoms with Gasteiger partial charge in [-0.15, -0.1) is 0 Å². The van der Waals surface area contributed by atoms with Crippen molar-refractivity contribution in [2.24, 2.45) is 0 Å². The van der Waals surface area contributed by atoms with Crippen molar-refractivity contribution in [1.29, 1.82) is 0 Å². The summed E-state index contributed by atoms with van der Waals surface area (Å²) in [5, 5.41) is 0. The molecule has 0 aliphatic heterocycles. The van der Waals surface area contributed by atoms with E-state index in [-0.39, 0.29) is 11.5 Å². The molecule has 0 spiro atoms. The molecule has 0 aromatic carbocycles. The zero-order valence-electron chi connectivity index (χ0n) is 9.15. The van der Waals surface area contributed by atoms with Crippen molar-refractivity contribution >= 4 is 11.9 Å². The highest BCUT2D eigenvalue weighted by molar-refractivity contribution is 6.31. The predicted molar refractivity (Wildman–Crippen MR) is 59.7 cm³/mol. The van der Waals surface area contributed by atoms with Gasteiger partial charge in [0.1, 0.15) is 11.5 Å². The first kappa shape index (κ1) is 11.7. The van der Waals surface area contributed by atoms with Crippen LogP contribution in [-0.4, -0.2) is 21.9 Å². The van der Waals surface area contributed by atoms with Crippen LogP contribution in [-0.2, 0) is 9.59 Å². The van der Waals surface area contributed by atoms with E-state index < -0.39 is 11.9 Å². The maximum absolute atomic E-state index is 11.4. The molecule has 0 amide bonds. The number of ether oxygens (including phenoxy) is 2. The number of pyridine rings is 2. The molecular weight excluding hydrogens is 236 g/mol. The van der Waals surface area contributed by atoms with Gasteiger partial charge in [0.25, 0.3) is 0 Å². The van der Waals surface area contributed by atoms with Crippen molar-refractivity contribution < 1.29 is 19.1 Å². The summed E-state index contributed by atoms with van der Waals surface area (Å²) in [6, 6.07) is 5.82. The van der Waals surface area contributed by atoms with Crippen LogP contribution in [0.3, 0.4) is 0 Å². The summed E-state index contributed by atoms with van der Waals surface area (Å²) in [5.41, 5.74) is 0. The first-order chi connectivity index (χ1) is 8.75. The minimum absolute atomic E-state index is 0.224. The Morgan fingerprint density at radius 2 is 1.06 bits per heavy atom. The average molecular weight is 244 g/mol. The van der Waals surface area contributed by atoms with Crippen molar-refractivity contribution in [2.45, 2.75) is 0 Å². The second-order valence-corrected chi connectivity index (χ2v) is 3.14. The average Bonchev–Trinajstić information content (AvgIpc) is 2.41. The standard InChI is InChI=1S/C12H8N2O4/c15-11(17-9-1-5-13-6-2-9)12(16)18-10-3-7-14-8-4-10/h1-8H. The fourth-order valence-electron chi connectivity index (χ4n) is 1.11. The molecule has 0 saturated carbocycles. The maximum atomic E-state index is 11.4. The summed E-state index contributed by atoms with van der Waals surface area (Å²) in [4.78, 5) is 30.3. The van der Waals surface area contributed by atoms with Gasteiger partial charge in [0.2, 0.25) is 0 Å². The number of hydrogen-bond acceptors (Lipinski definition) is 6. The first-order valence-corrected chi connectivity index (χ1v) is 5.00. The second kappa shape index (κ2) is 5.53. The van der Waals surface area contributed by atoms with Crippen LogP contribution in [0, 0.1) is 0 Å². The summed E-state index contributed by atoms with van der Waals surface area (Å²) >= 11 is 0. The number of aromatic nitrogens is 2. The number of nitrogens with zero attached hydrogens (tertiary/aromatic N) is 2. The third-order valence-electron chi connectivity index (χ3n) is 1.89. The van der Waals surface area contributed by atoms with Crippen LogP contribution in [0.25, 0.3) is 0 Å². The van der Waals surface area contributed by atoms with Crippen molar-refractivity contribution in [2.75, 3.05) is 0 Å². The van der Waals surface area contributed by atoms with Crippen LogP contribution >= 0.6 is 0 Å². The molecule has 0 atom stereocenters. The normalized spacial score (nSPS) is 9.56. The molecule has 2 heterocycles. The third kappa shape index (κ3) is 3.11. The quantitative estimate of drug-likeness (QED) is 0.579. The fraction of sp³-hybridized carbons (Fsp3) is 0. The molecule has 0 fully saturated rings. The summed E-state index contributed by atoms with van der Waals surface area (Å²) in [6.07, 6.45) is 5.77. The van der Waals surface area contributed by atoms with Crippen molar-refractivity contribution in [1.82, 2.24) is 9.97 Å². The minimum Gasteiger partial charge on any atom is -0.418 e. The van der Waals surface area contributed by atoms with Crippen LogP contribution in [0.15, 0.2) is 49.1 Å². The molecule has 6 heteroatoms. The number of esters is 2. The molecule has 0 bridgehead atoms. The minimum atomic E-state index is -1.10. The van der Waals surface area contributed by atoms with E-state index in [0.29, 0.717) is 0 Å². The largest absolute Gasteiger partial charge is 0.423 e. The van der Waals surface area contributed by atoms with E-state index in [2.05, 4.69) is 9.97 Å². The summed E-state index contributed by atoms with van der Waals surface area (Å²) < 4.78 is 9.56. The molecule has 0 N–H and O–H groups in total. The molecule has 0 aliphatic rings. The van der Waals surface area contributed by atoms with Gasteiger partial charge in [-0.2, -0.15) is 0 Å². The molecule has 0 saturated heterocycles. The molecular formula is C12H8N2O4. The molecule has 90 valence electrons. The van der Waals surface area contributed by atoms with Gasteiger partial charge in [-0.05, 0) is 24.3 Å². The monoisotopic (exact) mass is 244 g/mol. The van der Waals surface area contributed by atoms with Gasteiger partial charge >= 0.3 is 11.9 Å². The first-order valence-electron chi connectivity index (χ1n) is 5.00. The number of carbonyl (C=O) groups is 2. The van der Waals surface area contributed by atoms with E-state index in [0.717, 1.165) is 0 Å². The molecule has 0 unspecified atom stereocenters. The van der Waals surface area contributed by atoms with Gasteiger partial charge in [-0.25, -0.2) is 9.59 Å². The Labute approximate surface area is 102 Å². The van der Waals surface area contributed by atoms with E-state index >= 15 is 0 Å². The van der Waals surface area contributed by atoms with Gasteiger partial charge < -0.3 is 9.47 Å². The Balaban J connectivity index is 1.96. The highest BCUT2D eigenvalue weighted by atomic mass is 16.6. The highest BCUT2D eigenvalue weighted by Crippen LogP contribution is 2.10. The lowest BCUT2D eigenvalue weighted by Crippen LogP contribution is -2.25. The molecule has 2 rings (SSSR count). The lowest BCUT2D eigenvalue weighted by atomic mass is 10.4. The van der Waals surface area contributed by atoms with Crippen LogP contribution < -0.4 is 9.47 Å². The molecule has 2 aromatic heterocycles. The zero-order valence-corrected chi connectivity index (χ0v) is 9.15. The Hall–Kier alpha value is -2.76. The lowest BCUT2D eigenvalue weighted by molar-refractivity contribution is -0.156. The molecule has 6 nitrogen and oxygen atoms in total. The number of rotatable bonds is 2. The molecule has 0 radical (unpaired) electrons. The highest BCUT2D eigenvalue weighted by Gasteiger charge is 2.19. The molecule has 2 aromatic rings. The lowest BCUT2D eigenvalue weighted by Gasteiger charge is -2.03. The molecule has 18 heavy (non-hydrogen) atoms.